The summed E-state index contributed by atoms with van der Waals surface area (Å²) in [6.07, 6.45) is 0.644. The van der Waals surface area contributed by atoms with E-state index in [0.29, 0.717) is 12.2 Å². The lowest BCUT2D eigenvalue weighted by Gasteiger charge is -2.39. The average molecular weight is 452 g/mol. The van der Waals surface area contributed by atoms with Crippen molar-refractivity contribution in [1.29, 1.82) is 0 Å². The molecule has 1 fully saturated rings. The zero-order valence-electron chi connectivity index (χ0n) is 17.5. The van der Waals surface area contributed by atoms with E-state index in [2.05, 4.69) is 35.7 Å². The first kappa shape index (κ1) is 22.7. The molecule has 1 saturated heterocycles. The Labute approximate surface area is 182 Å². The third-order valence-corrected chi connectivity index (χ3v) is 7.78. The van der Waals surface area contributed by atoms with Crippen LogP contribution in [0.5, 0.6) is 0 Å². The molecule has 0 radical (unpaired) electrons. The number of nitrogens with one attached hydrogen (secondary N) is 2. The molecule has 0 aliphatic carbocycles. The first-order chi connectivity index (χ1) is 14.2. The van der Waals surface area contributed by atoms with Gasteiger partial charge in [0.15, 0.2) is 0 Å². The van der Waals surface area contributed by atoms with E-state index in [4.69, 9.17) is 4.74 Å². The highest BCUT2D eigenvalue weighted by Crippen LogP contribution is 2.20. The minimum Gasteiger partial charge on any atom is -0.373 e. The van der Waals surface area contributed by atoms with Crippen molar-refractivity contribution < 1.29 is 17.9 Å². The summed E-state index contributed by atoms with van der Waals surface area (Å²) in [6, 6.07) is 10.4. The zero-order chi connectivity index (χ0) is 21.7. The standard InChI is InChI=1S/C21H29N3O4S2/c1-15(24-13-16(2)28-17(3)14-24)12-22-20(25)11-18-6-8-19(9-7-18)23-30(26,27)21-5-4-10-29-21/h4-10,15-17,23H,11-14H2,1-3H3,(H,22,25). The molecule has 9 heteroatoms. The molecule has 30 heavy (non-hydrogen) atoms. The van der Waals surface area contributed by atoms with Gasteiger partial charge in [-0.1, -0.05) is 18.2 Å². The molecule has 7 nitrogen and oxygen atoms in total. The van der Waals surface area contributed by atoms with Gasteiger partial charge in [-0.2, -0.15) is 0 Å². The van der Waals surface area contributed by atoms with Gasteiger partial charge in [-0.05, 0) is 49.9 Å². The summed E-state index contributed by atoms with van der Waals surface area (Å²) in [5.74, 6) is -0.0527. The molecule has 0 saturated carbocycles. The highest BCUT2D eigenvalue weighted by atomic mass is 32.2. The monoisotopic (exact) mass is 451 g/mol. The van der Waals surface area contributed by atoms with Gasteiger partial charge in [0.05, 0.1) is 18.6 Å². The number of morpholine rings is 1. The van der Waals surface area contributed by atoms with Crippen molar-refractivity contribution in [2.24, 2.45) is 0 Å². The number of benzene rings is 1. The van der Waals surface area contributed by atoms with E-state index in [0.717, 1.165) is 30.0 Å². The Morgan fingerprint density at radius 3 is 2.47 bits per heavy atom. The normalized spacial score (nSPS) is 21.2. The smallest absolute Gasteiger partial charge is 0.271 e. The van der Waals surface area contributed by atoms with E-state index in [9.17, 15) is 13.2 Å². The van der Waals surface area contributed by atoms with Crippen LogP contribution < -0.4 is 10.0 Å². The molecule has 1 aromatic heterocycles. The molecule has 2 N–H and O–H groups in total. The lowest BCUT2D eigenvalue weighted by atomic mass is 10.1. The molecule has 164 valence electrons. The van der Waals surface area contributed by atoms with Gasteiger partial charge in [0.25, 0.3) is 10.0 Å². The van der Waals surface area contributed by atoms with Gasteiger partial charge in [0, 0.05) is 31.4 Å². The number of anilines is 1. The maximum atomic E-state index is 12.3. The van der Waals surface area contributed by atoms with E-state index < -0.39 is 10.0 Å². The Morgan fingerprint density at radius 2 is 1.87 bits per heavy atom. The van der Waals surface area contributed by atoms with E-state index in [-0.39, 0.29) is 34.8 Å². The second-order valence-electron chi connectivity index (χ2n) is 7.78. The van der Waals surface area contributed by atoms with E-state index in [1.165, 1.54) is 0 Å². The summed E-state index contributed by atoms with van der Waals surface area (Å²) >= 11 is 1.16. The Hall–Kier alpha value is -1.94. The predicted octanol–water partition coefficient (Wildman–Crippen LogP) is 2.71. The van der Waals surface area contributed by atoms with Crippen LogP contribution in [0.3, 0.4) is 0 Å². The number of hydrogen-bond donors (Lipinski definition) is 2. The van der Waals surface area contributed by atoms with Crippen LogP contribution in [0.25, 0.3) is 0 Å². The number of ether oxygens (including phenoxy) is 1. The van der Waals surface area contributed by atoms with Gasteiger partial charge in [-0.15, -0.1) is 11.3 Å². The number of carbonyl (C=O) groups is 1. The van der Waals surface area contributed by atoms with Gasteiger partial charge >= 0.3 is 0 Å². The first-order valence-corrected chi connectivity index (χ1v) is 12.4. The molecule has 1 aliphatic heterocycles. The summed E-state index contributed by atoms with van der Waals surface area (Å²) in [6.45, 7) is 8.56. The lowest BCUT2D eigenvalue weighted by molar-refractivity contribution is -0.121. The van der Waals surface area contributed by atoms with Crippen LogP contribution in [-0.4, -0.2) is 57.1 Å². The number of nitrogens with zero attached hydrogens (tertiary/aromatic N) is 1. The fraction of sp³-hybridized carbons (Fsp3) is 0.476. The van der Waals surface area contributed by atoms with Crippen molar-refractivity contribution in [3.63, 3.8) is 0 Å². The Kier molecular flexibility index (Phi) is 7.51. The van der Waals surface area contributed by atoms with Crippen LogP contribution in [0.2, 0.25) is 0 Å². The number of hydrogen-bond acceptors (Lipinski definition) is 6. The minimum absolute atomic E-state index is 0.0527. The molecule has 0 bridgehead atoms. The topological polar surface area (TPSA) is 87.7 Å². The Balaban J connectivity index is 1.47. The zero-order valence-corrected chi connectivity index (χ0v) is 19.1. The third-order valence-electron chi connectivity index (χ3n) is 5.00. The summed E-state index contributed by atoms with van der Waals surface area (Å²) < 4.78 is 33.1. The molecule has 1 aliphatic rings. The summed E-state index contributed by atoms with van der Waals surface area (Å²) in [5.41, 5.74) is 1.30. The van der Waals surface area contributed by atoms with Crippen LogP contribution in [0.4, 0.5) is 5.69 Å². The van der Waals surface area contributed by atoms with Gasteiger partial charge in [-0.25, -0.2) is 8.42 Å². The highest BCUT2D eigenvalue weighted by molar-refractivity contribution is 7.94. The van der Waals surface area contributed by atoms with Crippen LogP contribution in [0, 0.1) is 0 Å². The number of thiophene rings is 1. The fourth-order valence-corrected chi connectivity index (χ4v) is 5.58. The Bertz CT molecular complexity index is 920. The average Bonchev–Trinajstić information content (AvgIpc) is 3.22. The third kappa shape index (κ3) is 6.28. The highest BCUT2D eigenvalue weighted by Gasteiger charge is 2.25. The molecule has 3 rings (SSSR count). The van der Waals surface area contributed by atoms with E-state index >= 15 is 0 Å². The summed E-state index contributed by atoms with van der Waals surface area (Å²) in [4.78, 5) is 14.7. The number of amides is 1. The largest absolute Gasteiger partial charge is 0.373 e. The van der Waals surface area contributed by atoms with Crippen LogP contribution in [0.1, 0.15) is 26.3 Å². The van der Waals surface area contributed by atoms with E-state index in [1.807, 2.05) is 0 Å². The van der Waals surface area contributed by atoms with Crippen LogP contribution in [-0.2, 0) is 26.0 Å². The Morgan fingerprint density at radius 1 is 1.20 bits per heavy atom. The molecular weight excluding hydrogens is 422 g/mol. The van der Waals surface area contributed by atoms with Crippen molar-refractivity contribution in [3.8, 4) is 0 Å². The second-order valence-corrected chi connectivity index (χ2v) is 10.6. The molecule has 1 amide bonds. The second kappa shape index (κ2) is 9.91. The van der Waals surface area contributed by atoms with Crippen molar-refractivity contribution in [2.45, 2.75) is 49.7 Å². The molecule has 3 atom stereocenters. The van der Waals surface area contributed by atoms with Gasteiger partial charge in [-0.3, -0.25) is 14.4 Å². The SMILES string of the molecule is CC1CN(C(C)CNC(=O)Cc2ccc(NS(=O)(=O)c3cccs3)cc2)CC(C)O1. The first-order valence-electron chi connectivity index (χ1n) is 10.0. The van der Waals surface area contributed by atoms with Crippen molar-refractivity contribution in [1.82, 2.24) is 10.2 Å². The quantitative estimate of drug-likeness (QED) is 0.644. The maximum absolute atomic E-state index is 12.3. The number of sulfonamides is 1. The molecule has 2 aromatic rings. The van der Waals surface area contributed by atoms with Crippen molar-refractivity contribution >= 4 is 33.0 Å². The fourth-order valence-electron chi connectivity index (χ4n) is 3.53. The van der Waals surface area contributed by atoms with Crippen molar-refractivity contribution in [2.75, 3.05) is 24.4 Å². The summed E-state index contributed by atoms with van der Waals surface area (Å²) in [5, 5.41) is 4.72. The molecule has 3 unspecified atom stereocenters. The molecule has 2 heterocycles. The van der Waals surface area contributed by atoms with Gasteiger partial charge < -0.3 is 10.1 Å². The molecule has 0 spiro atoms. The molecule has 1 aromatic carbocycles. The predicted molar refractivity (Wildman–Crippen MR) is 119 cm³/mol. The number of carbonyl (C=O) groups excluding carboxylic acids is 1. The van der Waals surface area contributed by atoms with Gasteiger partial charge in [0.1, 0.15) is 4.21 Å². The number of rotatable bonds is 8. The van der Waals surface area contributed by atoms with Gasteiger partial charge in [0.2, 0.25) is 5.91 Å². The van der Waals surface area contributed by atoms with E-state index in [1.54, 1.807) is 41.8 Å². The minimum atomic E-state index is -3.57. The van der Waals surface area contributed by atoms with Crippen LogP contribution >= 0.6 is 11.3 Å². The van der Waals surface area contributed by atoms with Crippen LogP contribution in [0.15, 0.2) is 46.0 Å². The van der Waals surface area contributed by atoms with Crippen molar-refractivity contribution in [3.05, 3.63) is 47.3 Å². The summed E-state index contributed by atoms with van der Waals surface area (Å²) in [7, 11) is -3.57. The molecular formula is C21H29N3O4S2. The maximum Gasteiger partial charge on any atom is 0.271 e. The lowest BCUT2D eigenvalue weighted by Crippen LogP contribution is -2.52.